The van der Waals surface area contributed by atoms with Crippen LogP contribution in [-0.4, -0.2) is 62.1 Å². The van der Waals surface area contributed by atoms with E-state index in [1.165, 1.54) is 25.6 Å². The first-order chi connectivity index (χ1) is 14.4. The molecule has 2 rings (SSSR count). The lowest BCUT2D eigenvalue weighted by atomic mass is 9.97. The van der Waals surface area contributed by atoms with Crippen LogP contribution in [0.2, 0.25) is 0 Å². The number of thioether (sulfide) groups is 1. The van der Waals surface area contributed by atoms with E-state index in [-0.39, 0.29) is 6.61 Å². The molecule has 0 radical (unpaired) electrons. The fourth-order valence-electron chi connectivity index (χ4n) is 3.03. The topological polar surface area (TPSA) is 129 Å². The number of hydrogen-bond donors (Lipinski definition) is 0. The van der Waals surface area contributed by atoms with E-state index in [2.05, 4.69) is 10.0 Å². The zero-order valence-electron chi connectivity index (χ0n) is 17.2. The zero-order valence-corrected chi connectivity index (χ0v) is 18.0. The Hall–Kier alpha value is -2.46. The molecule has 10 nitrogen and oxygen atoms in total. The summed E-state index contributed by atoms with van der Waals surface area (Å²) in [7, 11) is 1.57. The summed E-state index contributed by atoms with van der Waals surface area (Å²) in [5.41, 5.74) is 8.49. The van der Waals surface area contributed by atoms with Crippen LogP contribution in [0.5, 0.6) is 5.75 Å². The quantitative estimate of drug-likeness (QED) is 0.248. The first-order valence-corrected chi connectivity index (χ1v) is 10.2. The monoisotopic (exact) mass is 439 g/mol. The van der Waals surface area contributed by atoms with E-state index in [4.69, 9.17) is 29.2 Å². The van der Waals surface area contributed by atoms with Crippen LogP contribution >= 0.6 is 11.8 Å². The van der Waals surface area contributed by atoms with Gasteiger partial charge in [0.15, 0.2) is 0 Å². The Morgan fingerprint density at radius 2 is 2.03 bits per heavy atom. The van der Waals surface area contributed by atoms with Crippen molar-refractivity contribution in [1.29, 1.82) is 0 Å². The molecule has 1 aromatic rings. The number of azide groups is 1. The highest BCUT2D eigenvalue weighted by atomic mass is 32.2. The number of carbonyl (C=O) groups is 2. The van der Waals surface area contributed by atoms with E-state index in [1.54, 1.807) is 14.0 Å². The number of hydrogen-bond acceptors (Lipinski definition) is 9. The second-order valence-electron chi connectivity index (χ2n) is 6.33. The third kappa shape index (κ3) is 6.53. The molecule has 0 bridgehead atoms. The maximum absolute atomic E-state index is 11.7. The fourth-order valence-corrected chi connectivity index (χ4v) is 4.21. The summed E-state index contributed by atoms with van der Waals surface area (Å²) in [6.45, 7) is 4.45. The van der Waals surface area contributed by atoms with Crippen LogP contribution in [0.15, 0.2) is 34.3 Å². The van der Waals surface area contributed by atoms with Gasteiger partial charge in [-0.05, 0) is 30.7 Å². The molecule has 0 aliphatic carbocycles. The lowest BCUT2D eigenvalue weighted by Crippen LogP contribution is -2.59. The van der Waals surface area contributed by atoms with Crippen molar-refractivity contribution in [1.82, 2.24) is 0 Å². The van der Waals surface area contributed by atoms with Gasteiger partial charge in [0, 0.05) is 30.3 Å². The average molecular weight is 439 g/mol. The summed E-state index contributed by atoms with van der Waals surface area (Å²) in [5, 5.41) is 3.84. The summed E-state index contributed by atoms with van der Waals surface area (Å²) in [6.07, 6.45) is -2.52. The van der Waals surface area contributed by atoms with Gasteiger partial charge in [-0.25, -0.2) is 0 Å². The summed E-state index contributed by atoms with van der Waals surface area (Å²) >= 11 is 1.34. The molecule has 1 aliphatic rings. The minimum atomic E-state index is -0.976. The molecule has 0 N–H and O–H groups in total. The van der Waals surface area contributed by atoms with Crippen LogP contribution in [0.4, 0.5) is 0 Å². The second kappa shape index (κ2) is 11.7. The molecule has 1 fully saturated rings. The van der Waals surface area contributed by atoms with Gasteiger partial charge in [-0.3, -0.25) is 9.59 Å². The number of benzene rings is 1. The highest BCUT2D eigenvalue weighted by molar-refractivity contribution is 7.99. The lowest BCUT2D eigenvalue weighted by molar-refractivity contribution is -0.199. The molecule has 30 heavy (non-hydrogen) atoms. The largest absolute Gasteiger partial charge is 0.497 e. The molecule has 2 unspecified atom stereocenters. The van der Waals surface area contributed by atoms with Crippen molar-refractivity contribution in [3.63, 3.8) is 0 Å². The summed E-state index contributed by atoms with van der Waals surface area (Å²) in [4.78, 5) is 26.7. The Morgan fingerprint density at radius 1 is 1.27 bits per heavy atom. The van der Waals surface area contributed by atoms with Crippen molar-refractivity contribution in [3.8, 4) is 5.75 Å². The maximum atomic E-state index is 11.7. The normalized spacial score (nSPS) is 25.7. The molecule has 1 aromatic carbocycles. The van der Waals surface area contributed by atoms with Gasteiger partial charge in [-0.15, -0.1) is 0 Å². The van der Waals surface area contributed by atoms with Crippen molar-refractivity contribution < 1.29 is 33.3 Å². The SMILES string of the molecule is CCO[C@@H]1C(N=[N+]=[N-])[C@@H](OC(C)=O)C(COC(C)=O)O[C@@H]1Sc1cccc(OC)c1. The van der Waals surface area contributed by atoms with Gasteiger partial charge >= 0.3 is 11.9 Å². The molecule has 0 amide bonds. The average Bonchev–Trinajstić information content (AvgIpc) is 2.70. The highest BCUT2D eigenvalue weighted by Gasteiger charge is 2.49. The van der Waals surface area contributed by atoms with Crippen molar-refractivity contribution in [2.75, 3.05) is 20.3 Å². The molecule has 1 saturated heterocycles. The predicted molar refractivity (Wildman–Crippen MR) is 108 cm³/mol. The number of rotatable bonds is 9. The zero-order chi connectivity index (χ0) is 22.1. The van der Waals surface area contributed by atoms with Crippen LogP contribution in [0.25, 0.3) is 10.4 Å². The van der Waals surface area contributed by atoms with Gasteiger partial charge in [0.05, 0.1) is 7.11 Å². The predicted octanol–water partition coefficient (Wildman–Crippen LogP) is 3.09. The summed E-state index contributed by atoms with van der Waals surface area (Å²) in [6, 6.07) is 6.48. The Balaban J connectivity index is 2.38. The van der Waals surface area contributed by atoms with Crippen LogP contribution in [0.1, 0.15) is 20.8 Å². The van der Waals surface area contributed by atoms with Gasteiger partial charge in [0.25, 0.3) is 0 Å². The Labute approximate surface area is 178 Å². The van der Waals surface area contributed by atoms with E-state index in [1.807, 2.05) is 24.3 Å². The van der Waals surface area contributed by atoms with Crippen molar-refractivity contribution in [2.45, 2.75) is 55.5 Å². The Morgan fingerprint density at radius 3 is 2.63 bits per heavy atom. The van der Waals surface area contributed by atoms with E-state index in [9.17, 15) is 9.59 Å². The molecule has 0 aromatic heterocycles. The molecule has 1 heterocycles. The van der Waals surface area contributed by atoms with Crippen LogP contribution in [-0.2, 0) is 28.5 Å². The number of ether oxygens (including phenoxy) is 5. The second-order valence-corrected chi connectivity index (χ2v) is 7.50. The summed E-state index contributed by atoms with van der Waals surface area (Å²) < 4.78 is 27.7. The smallest absolute Gasteiger partial charge is 0.303 e. The van der Waals surface area contributed by atoms with Crippen LogP contribution in [0, 0.1) is 0 Å². The third-order valence-corrected chi connectivity index (χ3v) is 5.35. The number of nitrogens with zero attached hydrogens (tertiary/aromatic N) is 3. The van der Waals surface area contributed by atoms with Crippen molar-refractivity contribution in [2.24, 2.45) is 5.11 Å². The van der Waals surface area contributed by atoms with E-state index >= 15 is 0 Å². The third-order valence-electron chi connectivity index (χ3n) is 4.21. The molecular formula is C19H25N3O7S. The van der Waals surface area contributed by atoms with Gasteiger partial charge in [0.1, 0.15) is 42.1 Å². The first kappa shape index (κ1) is 23.8. The van der Waals surface area contributed by atoms with Gasteiger partial charge in [0.2, 0.25) is 0 Å². The van der Waals surface area contributed by atoms with Crippen LogP contribution < -0.4 is 4.74 Å². The van der Waals surface area contributed by atoms with Gasteiger partial charge < -0.3 is 23.7 Å². The molecule has 0 spiro atoms. The lowest BCUT2D eigenvalue weighted by Gasteiger charge is -2.43. The van der Waals surface area contributed by atoms with E-state index in [0.717, 1.165) is 4.90 Å². The Bertz CT molecular complexity index is 787. The first-order valence-electron chi connectivity index (χ1n) is 9.32. The number of carbonyl (C=O) groups excluding carboxylic acids is 2. The van der Waals surface area contributed by atoms with Crippen LogP contribution in [0.3, 0.4) is 0 Å². The standard InChI is InChI=1S/C19H25N3O7S/c1-5-26-18-16(21-22-20)17(28-12(3)24)15(10-27-11(2)23)29-19(18)30-14-8-6-7-13(9-14)25-4/h6-9,15-19H,5,10H2,1-4H3/t15?,16?,17-,18+,19+/m0/s1. The summed E-state index contributed by atoms with van der Waals surface area (Å²) in [5.74, 6) is -0.419. The minimum Gasteiger partial charge on any atom is -0.497 e. The number of methoxy groups -OCH3 is 1. The molecule has 11 heteroatoms. The van der Waals surface area contributed by atoms with Crippen molar-refractivity contribution >= 4 is 23.7 Å². The minimum absolute atomic E-state index is 0.168. The van der Waals surface area contributed by atoms with Gasteiger partial charge in [-0.2, -0.15) is 0 Å². The van der Waals surface area contributed by atoms with E-state index < -0.39 is 41.7 Å². The van der Waals surface area contributed by atoms with Gasteiger partial charge in [-0.1, -0.05) is 22.9 Å². The van der Waals surface area contributed by atoms with Crippen molar-refractivity contribution in [3.05, 3.63) is 34.7 Å². The maximum Gasteiger partial charge on any atom is 0.303 e. The molecular weight excluding hydrogens is 414 g/mol. The molecule has 1 aliphatic heterocycles. The Kier molecular flexibility index (Phi) is 9.25. The molecule has 5 atom stereocenters. The highest BCUT2D eigenvalue weighted by Crippen LogP contribution is 2.38. The molecule has 164 valence electrons. The molecule has 0 saturated carbocycles. The van der Waals surface area contributed by atoms with E-state index in [0.29, 0.717) is 12.4 Å². The number of esters is 2. The fraction of sp³-hybridized carbons (Fsp3) is 0.579.